The molecule has 114 valence electrons. The van der Waals surface area contributed by atoms with Gasteiger partial charge >= 0.3 is 0 Å². The Morgan fingerprint density at radius 2 is 2.00 bits per heavy atom. The highest BCUT2D eigenvalue weighted by molar-refractivity contribution is 7.89. The Morgan fingerprint density at radius 3 is 2.62 bits per heavy atom. The molecule has 4 nitrogen and oxygen atoms in total. The lowest BCUT2D eigenvalue weighted by Gasteiger charge is -2.24. The van der Waals surface area contributed by atoms with Gasteiger partial charge in [-0.3, -0.25) is 0 Å². The zero-order valence-corrected chi connectivity index (χ0v) is 14.0. The topological polar surface area (TPSA) is 72.2 Å². The summed E-state index contributed by atoms with van der Waals surface area (Å²) in [5.74, 6) is 0. The number of nitrogens with one attached hydrogen (secondary N) is 1. The van der Waals surface area contributed by atoms with Crippen LogP contribution in [0.25, 0.3) is 0 Å². The lowest BCUT2D eigenvalue weighted by molar-refractivity contribution is 0.509. The second-order valence-corrected chi connectivity index (χ2v) is 8.39. The second-order valence-electron chi connectivity index (χ2n) is 5.71. The fourth-order valence-electron chi connectivity index (χ4n) is 2.01. The molecule has 21 heavy (non-hydrogen) atoms. The van der Waals surface area contributed by atoms with Crippen molar-refractivity contribution in [2.24, 2.45) is 0 Å². The van der Waals surface area contributed by atoms with Gasteiger partial charge in [0, 0.05) is 22.5 Å². The maximum Gasteiger partial charge on any atom is 0.240 e. The zero-order valence-electron chi connectivity index (χ0n) is 12.4. The van der Waals surface area contributed by atoms with Gasteiger partial charge in [-0.25, -0.2) is 13.1 Å². The van der Waals surface area contributed by atoms with Crippen LogP contribution in [0.3, 0.4) is 0 Å². The molecule has 0 bridgehead atoms. The van der Waals surface area contributed by atoms with E-state index in [0.717, 1.165) is 4.88 Å². The van der Waals surface area contributed by atoms with Crippen LogP contribution in [0.5, 0.6) is 0 Å². The summed E-state index contributed by atoms with van der Waals surface area (Å²) in [4.78, 5) is 1.39. The van der Waals surface area contributed by atoms with E-state index in [1.54, 1.807) is 30.4 Å². The molecule has 0 aliphatic rings. The van der Waals surface area contributed by atoms with Crippen molar-refractivity contribution in [1.82, 2.24) is 4.72 Å². The van der Waals surface area contributed by atoms with Gasteiger partial charge in [0.25, 0.3) is 0 Å². The summed E-state index contributed by atoms with van der Waals surface area (Å²) in [7, 11) is -3.56. The van der Waals surface area contributed by atoms with Crippen LogP contribution < -0.4 is 10.5 Å². The Balaban J connectivity index is 2.21. The Hall–Kier alpha value is -1.37. The third-order valence-electron chi connectivity index (χ3n) is 3.39. The molecule has 0 spiro atoms. The standard InChI is InChI=1S/C15H20N2O2S2/c1-11-6-7-12(16)9-13(11)21(18,19)17-10-15(2,3)14-5-4-8-20-14/h4-9,17H,10,16H2,1-3H3. The van der Waals surface area contributed by atoms with E-state index in [-0.39, 0.29) is 10.3 Å². The third-order valence-corrected chi connectivity index (χ3v) is 6.17. The zero-order chi connectivity index (χ0) is 15.7. The molecule has 1 heterocycles. The van der Waals surface area contributed by atoms with Crippen LogP contribution in [0.4, 0.5) is 5.69 Å². The van der Waals surface area contributed by atoms with Gasteiger partial charge in [0.2, 0.25) is 10.0 Å². The number of hydrogen-bond acceptors (Lipinski definition) is 4. The second kappa shape index (κ2) is 5.79. The average molecular weight is 324 g/mol. The molecular weight excluding hydrogens is 304 g/mol. The van der Waals surface area contributed by atoms with E-state index in [0.29, 0.717) is 17.8 Å². The molecule has 0 saturated heterocycles. The first-order valence-electron chi connectivity index (χ1n) is 6.62. The third kappa shape index (κ3) is 3.64. The van der Waals surface area contributed by atoms with Gasteiger partial charge in [0.05, 0.1) is 4.90 Å². The number of aryl methyl sites for hydroxylation is 1. The Labute approximate surface area is 130 Å². The molecule has 2 rings (SSSR count). The highest BCUT2D eigenvalue weighted by Crippen LogP contribution is 2.27. The maximum absolute atomic E-state index is 12.5. The smallest absolute Gasteiger partial charge is 0.240 e. The lowest BCUT2D eigenvalue weighted by Crippen LogP contribution is -2.36. The molecule has 1 aromatic heterocycles. The quantitative estimate of drug-likeness (QED) is 0.831. The first kappa shape index (κ1) is 16.0. The van der Waals surface area contributed by atoms with Crippen LogP contribution >= 0.6 is 11.3 Å². The van der Waals surface area contributed by atoms with Crippen molar-refractivity contribution in [3.63, 3.8) is 0 Å². The van der Waals surface area contributed by atoms with Crippen molar-refractivity contribution in [1.29, 1.82) is 0 Å². The van der Waals surface area contributed by atoms with Crippen LogP contribution in [0, 0.1) is 6.92 Å². The average Bonchev–Trinajstić information content (AvgIpc) is 2.94. The number of rotatable bonds is 5. The highest BCUT2D eigenvalue weighted by atomic mass is 32.2. The molecule has 3 N–H and O–H groups in total. The predicted molar refractivity (Wildman–Crippen MR) is 88.1 cm³/mol. The number of nitrogens with two attached hydrogens (primary N) is 1. The summed E-state index contributed by atoms with van der Waals surface area (Å²) in [5.41, 5.74) is 6.57. The van der Waals surface area contributed by atoms with Crippen molar-refractivity contribution in [2.45, 2.75) is 31.1 Å². The monoisotopic (exact) mass is 324 g/mol. The molecular formula is C15H20N2O2S2. The van der Waals surface area contributed by atoms with Crippen molar-refractivity contribution < 1.29 is 8.42 Å². The first-order chi connectivity index (χ1) is 9.72. The van der Waals surface area contributed by atoms with Crippen LogP contribution in [-0.4, -0.2) is 15.0 Å². The molecule has 0 aliphatic heterocycles. The summed E-state index contributed by atoms with van der Waals surface area (Å²) in [5, 5.41) is 1.99. The van der Waals surface area contributed by atoms with E-state index in [4.69, 9.17) is 5.73 Å². The first-order valence-corrected chi connectivity index (χ1v) is 8.98. The van der Waals surface area contributed by atoms with E-state index in [9.17, 15) is 8.42 Å². The van der Waals surface area contributed by atoms with E-state index < -0.39 is 10.0 Å². The summed E-state index contributed by atoms with van der Waals surface area (Å²) in [6.07, 6.45) is 0. The molecule has 6 heteroatoms. The normalized spacial score (nSPS) is 12.5. The number of sulfonamides is 1. The predicted octanol–water partition coefficient (Wildman–Crippen LogP) is 2.89. The Kier molecular flexibility index (Phi) is 4.41. The molecule has 1 aromatic carbocycles. The summed E-state index contributed by atoms with van der Waals surface area (Å²) < 4.78 is 27.6. The summed E-state index contributed by atoms with van der Waals surface area (Å²) in [6.45, 7) is 6.14. The van der Waals surface area contributed by atoms with Crippen molar-refractivity contribution >= 4 is 27.0 Å². The fraction of sp³-hybridized carbons (Fsp3) is 0.333. The molecule has 0 amide bonds. The number of hydrogen-bond donors (Lipinski definition) is 2. The van der Waals surface area contributed by atoms with Gasteiger partial charge < -0.3 is 5.73 Å². The molecule has 0 atom stereocenters. The van der Waals surface area contributed by atoms with Crippen molar-refractivity contribution in [3.05, 3.63) is 46.2 Å². The number of thiophene rings is 1. The highest BCUT2D eigenvalue weighted by Gasteiger charge is 2.25. The van der Waals surface area contributed by atoms with Gasteiger partial charge in [-0.2, -0.15) is 0 Å². The van der Waals surface area contributed by atoms with Crippen molar-refractivity contribution in [3.8, 4) is 0 Å². The number of anilines is 1. The molecule has 0 unspecified atom stereocenters. The molecule has 0 fully saturated rings. The minimum absolute atomic E-state index is 0.240. The number of nitrogen functional groups attached to an aromatic ring is 1. The van der Waals surface area contributed by atoms with E-state index >= 15 is 0 Å². The van der Waals surface area contributed by atoms with Crippen LogP contribution in [0.1, 0.15) is 24.3 Å². The lowest BCUT2D eigenvalue weighted by atomic mass is 9.92. The summed E-state index contributed by atoms with van der Waals surface area (Å²) in [6, 6.07) is 8.90. The minimum Gasteiger partial charge on any atom is -0.399 e. The fourth-order valence-corrected chi connectivity index (χ4v) is 4.35. The van der Waals surface area contributed by atoms with Gasteiger partial charge in [-0.1, -0.05) is 26.0 Å². The molecule has 0 saturated carbocycles. The van der Waals surface area contributed by atoms with Crippen molar-refractivity contribution in [2.75, 3.05) is 12.3 Å². The van der Waals surface area contributed by atoms with Crippen LogP contribution in [0.2, 0.25) is 0 Å². The molecule has 0 radical (unpaired) electrons. The van der Waals surface area contributed by atoms with Gasteiger partial charge in [0.15, 0.2) is 0 Å². The van der Waals surface area contributed by atoms with Crippen LogP contribution in [-0.2, 0) is 15.4 Å². The van der Waals surface area contributed by atoms with Crippen LogP contribution in [0.15, 0.2) is 40.6 Å². The van der Waals surface area contributed by atoms with E-state index in [1.807, 2.05) is 31.4 Å². The SMILES string of the molecule is Cc1ccc(N)cc1S(=O)(=O)NCC(C)(C)c1cccs1. The Bertz CT molecular complexity index is 720. The minimum atomic E-state index is -3.56. The maximum atomic E-state index is 12.5. The van der Waals surface area contributed by atoms with Gasteiger partial charge in [0.1, 0.15) is 0 Å². The molecule has 2 aromatic rings. The van der Waals surface area contributed by atoms with E-state index in [2.05, 4.69) is 4.72 Å². The van der Waals surface area contributed by atoms with Gasteiger partial charge in [-0.15, -0.1) is 11.3 Å². The van der Waals surface area contributed by atoms with Gasteiger partial charge in [-0.05, 0) is 36.1 Å². The molecule has 0 aliphatic carbocycles. The summed E-state index contributed by atoms with van der Waals surface area (Å²) >= 11 is 1.63. The largest absolute Gasteiger partial charge is 0.399 e. The van der Waals surface area contributed by atoms with E-state index in [1.165, 1.54) is 6.07 Å². The Morgan fingerprint density at radius 1 is 1.29 bits per heavy atom. The number of benzene rings is 1.